The van der Waals surface area contributed by atoms with Gasteiger partial charge < -0.3 is 10.6 Å². The largest absolute Gasteiger partial charge is 0.399 e. The van der Waals surface area contributed by atoms with Gasteiger partial charge in [-0.25, -0.2) is 0 Å². The van der Waals surface area contributed by atoms with E-state index in [1.807, 2.05) is 12.1 Å². The van der Waals surface area contributed by atoms with Gasteiger partial charge in [0, 0.05) is 23.6 Å². The molecule has 0 aromatic heterocycles. The molecule has 0 aliphatic heterocycles. The van der Waals surface area contributed by atoms with Gasteiger partial charge in [0.25, 0.3) is 0 Å². The van der Waals surface area contributed by atoms with Crippen molar-refractivity contribution in [3.8, 4) is 0 Å². The summed E-state index contributed by atoms with van der Waals surface area (Å²) in [4.78, 5) is 2.38. The molecule has 0 radical (unpaired) electrons. The number of hydrogen-bond acceptors (Lipinski definition) is 2. The summed E-state index contributed by atoms with van der Waals surface area (Å²) in [7, 11) is 0. The zero-order chi connectivity index (χ0) is 22.3. The zero-order valence-corrected chi connectivity index (χ0v) is 19.0. The van der Waals surface area contributed by atoms with E-state index in [1.165, 1.54) is 28.8 Å². The van der Waals surface area contributed by atoms with Crippen LogP contribution in [0, 0.1) is 11.8 Å². The Kier molecular flexibility index (Phi) is 6.91. The van der Waals surface area contributed by atoms with Gasteiger partial charge in [-0.2, -0.15) is 0 Å². The number of anilines is 3. The average Bonchev–Trinajstić information content (AvgIpc) is 3.56. The van der Waals surface area contributed by atoms with Crippen molar-refractivity contribution in [1.29, 1.82) is 0 Å². The minimum absolute atomic E-state index is 0.607. The molecule has 1 saturated carbocycles. The molecule has 2 heteroatoms. The number of nitrogens with two attached hydrogens (primary N) is 1. The molecular weight excluding hydrogens is 388 g/mol. The maximum Gasteiger partial charge on any atom is 0.0484 e. The molecule has 162 valence electrons. The van der Waals surface area contributed by atoms with Gasteiger partial charge in [-0.05, 0) is 78.3 Å². The maximum atomic E-state index is 5.98. The van der Waals surface area contributed by atoms with Crippen LogP contribution in [0.2, 0.25) is 0 Å². The van der Waals surface area contributed by atoms with Crippen LogP contribution in [0.25, 0.3) is 6.08 Å². The van der Waals surface area contributed by atoms with Crippen LogP contribution >= 0.6 is 0 Å². The first-order valence-corrected chi connectivity index (χ1v) is 11.4. The summed E-state index contributed by atoms with van der Waals surface area (Å²) >= 11 is 0. The molecule has 3 aromatic carbocycles. The highest BCUT2D eigenvalue weighted by atomic mass is 15.1. The zero-order valence-electron chi connectivity index (χ0n) is 19.0. The fourth-order valence-corrected chi connectivity index (χ4v) is 4.14. The molecule has 2 nitrogen and oxygen atoms in total. The topological polar surface area (TPSA) is 29.3 Å². The van der Waals surface area contributed by atoms with Crippen LogP contribution in [-0.4, -0.2) is 6.54 Å². The quantitative estimate of drug-likeness (QED) is 0.299. The summed E-state index contributed by atoms with van der Waals surface area (Å²) in [5.41, 5.74) is 13.1. The van der Waals surface area contributed by atoms with Crippen LogP contribution in [0.1, 0.15) is 25.8 Å². The number of rotatable bonds is 8. The molecule has 1 aliphatic rings. The van der Waals surface area contributed by atoms with Gasteiger partial charge in [-0.1, -0.05) is 79.8 Å². The van der Waals surface area contributed by atoms with Crippen molar-refractivity contribution in [2.45, 2.75) is 20.3 Å². The van der Waals surface area contributed by atoms with Crippen molar-refractivity contribution in [1.82, 2.24) is 0 Å². The summed E-state index contributed by atoms with van der Waals surface area (Å²) in [5.74, 6) is 1.33. The molecule has 0 bridgehead atoms. The highest BCUT2D eigenvalue weighted by Crippen LogP contribution is 2.47. The first-order chi connectivity index (χ1) is 15.7. The minimum atomic E-state index is 0.607. The molecule has 32 heavy (non-hydrogen) atoms. The first kappa shape index (κ1) is 21.7. The average molecular weight is 421 g/mol. The number of nitrogen functional groups attached to an aromatic ring is 1. The minimum Gasteiger partial charge on any atom is -0.399 e. The Balaban J connectivity index is 1.77. The van der Waals surface area contributed by atoms with Crippen LogP contribution < -0.4 is 10.6 Å². The van der Waals surface area contributed by atoms with Gasteiger partial charge in [-0.15, -0.1) is 0 Å². The molecule has 2 atom stereocenters. The summed E-state index contributed by atoms with van der Waals surface area (Å²) in [6, 6.07) is 29.4. The van der Waals surface area contributed by atoms with Gasteiger partial charge in [-0.3, -0.25) is 0 Å². The number of benzene rings is 3. The molecule has 0 spiro atoms. The predicted molar refractivity (Wildman–Crippen MR) is 139 cm³/mol. The number of hydrogen-bond donors (Lipinski definition) is 1. The number of allylic oxidation sites excluding steroid dienone is 3. The van der Waals surface area contributed by atoms with Crippen molar-refractivity contribution < 1.29 is 0 Å². The van der Waals surface area contributed by atoms with Crippen LogP contribution in [-0.2, 0) is 0 Å². The van der Waals surface area contributed by atoms with E-state index >= 15 is 0 Å². The third kappa shape index (κ3) is 5.39. The Labute approximate surface area is 192 Å². The monoisotopic (exact) mass is 420 g/mol. The Morgan fingerprint density at radius 3 is 2.09 bits per heavy atom. The van der Waals surface area contributed by atoms with Crippen molar-refractivity contribution in [2.75, 3.05) is 17.2 Å². The van der Waals surface area contributed by atoms with Crippen LogP contribution in [0.15, 0.2) is 114 Å². The Bertz CT molecular complexity index is 1090. The molecule has 0 amide bonds. The van der Waals surface area contributed by atoms with Gasteiger partial charge in [0.05, 0.1) is 0 Å². The van der Waals surface area contributed by atoms with Gasteiger partial charge in [0.2, 0.25) is 0 Å². The normalized spacial score (nSPS) is 18.7. The molecular formula is C30H32N2. The summed E-state index contributed by atoms with van der Waals surface area (Å²) < 4.78 is 0. The highest BCUT2D eigenvalue weighted by Gasteiger charge is 2.37. The van der Waals surface area contributed by atoms with E-state index in [2.05, 4.69) is 116 Å². The van der Waals surface area contributed by atoms with E-state index in [0.717, 1.165) is 23.8 Å². The summed E-state index contributed by atoms with van der Waals surface area (Å²) in [6.45, 7) is 5.22. The second-order valence-electron chi connectivity index (χ2n) is 8.56. The predicted octanol–water partition coefficient (Wildman–Crippen LogP) is 7.65. The second-order valence-corrected chi connectivity index (χ2v) is 8.56. The van der Waals surface area contributed by atoms with E-state index in [4.69, 9.17) is 5.73 Å². The molecule has 0 heterocycles. The third-order valence-corrected chi connectivity index (χ3v) is 6.09. The Morgan fingerprint density at radius 2 is 1.50 bits per heavy atom. The van der Waals surface area contributed by atoms with Crippen molar-refractivity contribution in [3.05, 3.63) is 120 Å². The van der Waals surface area contributed by atoms with Crippen molar-refractivity contribution in [2.24, 2.45) is 11.8 Å². The van der Waals surface area contributed by atoms with E-state index in [0.29, 0.717) is 5.92 Å². The molecule has 2 N–H and O–H groups in total. The van der Waals surface area contributed by atoms with E-state index in [-0.39, 0.29) is 0 Å². The van der Waals surface area contributed by atoms with Gasteiger partial charge in [0.15, 0.2) is 0 Å². The van der Waals surface area contributed by atoms with Crippen LogP contribution in [0.4, 0.5) is 17.1 Å². The second kappa shape index (κ2) is 10.2. The van der Waals surface area contributed by atoms with E-state index in [9.17, 15) is 0 Å². The molecule has 3 aromatic rings. The molecule has 4 rings (SSSR count). The van der Waals surface area contributed by atoms with Crippen molar-refractivity contribution in [3.63, 3.8) is 0 Å². The smallest absolute Gasteiger partial charge is 0.0484 e. The first-order valence-electron chi connectivity index (χ1n) is 11.4. The third-order valence-electron chi connectivity index (χ3n) is 6.09. The van der Waals surface area contributed by atoms with E-state index in [1.54, 1.807) is 0 Å². The van der Waals surface area contributed by atoms with E-state index < -0.39 is 0 Å². The lowest BCUT2D eigenvalue weighted by molar-refractivity contribution is 0.855. The van der Waals surface area contributed by atoms with Crippen LogP contribution in [0.3, 0.4) is 0 Å². The maximum absolute atomic E-state index is 5.98. The number of para-hydroxylation sites is 1. The Hall–Kier alpha value is -3.52. The lowest BCUT2D eigenvalue weighted by Gasteiger charge is -2.28. The van der Waals surface area contributed by atoms with Crippen molar-refractivity contribution >= 4 is 23.1 Å². The lowest BCUT2D eigenvalue weighted by Crippen LogP contribution is -2.21. The molecule has 1 fully saturated rings. The van der Waals surface area contributed by atoms with Gasteiger partial charge >= 0.3 is 0 Å². The highest BCUT2D eigenvalue weighted by molar-refractivity contribution is 5.69. The fraction of sp³-hybridized carbons (Fsp3) is 0.200. The molecule has 2 unspecified atom stereocenters. The lowest BCUT2D eigenvalue weighted by atomic mass is 9.95. The summed E-state index contributed by atoms with van der Waals surface area (Å²) in [5, 5.41) is 0. The fourth-order valence-electron chi connectivity index (χ4n) is 4.14. The van der Waals surface area contributed by atoms with Gasteiger partial charge in [0.1, 0.15) is 0 Å². The molecule has 1 aliphatic carbocycles. The van der Waals surface area contributed by atoms with Crippen LogP contribution in [0.5, 0.6) is 0 Å². The number of nitrogens with zero attached hydrogens (tertiary/aromatic N) is 1. The molecule has 0 saturated heterocycles. The Morgan fingerprint density at radius 1 is 0.906 bits per heavy atom. The SMILES string of the molecule is C\C=C/C=C(CN(c1ccccc1)c1ccc(N)cc1)/C(=C/c1ccccc1)C1CC1C. The standard InChI is InChI=1S/C30H32N2/c1-3-4-13-25(30(29-20-23(29)2)21-24-11-7-5-8-12-24)22-32(27-14-9-6-10-15-27)28-18-16-26(31)17-19-28/h3-19,21,23,29H,20,22,31H2,1-2H3/b4-3-,25-13+,30-21-. The summed E-state index contributed by atoms with van der Waals surface area (Å²) in [6.07, 6.45) is 10.2.